The maximum absolute atomic E-state index is 6.20. The van der Waals surface area contributed by atoms with Gasteiger partial charge in [0.15, 0.2) is 34.9 Å². The number of fused-ring (bicyclic) bond motifs is 3. The van der Waals surface area contributed by atoms with Crippen molar-refractivity contribution in [1.29, 1.82) is 0 Å². The summed E-state index contributed by atoms with van der Waals surface area (Å²) in [7, 11) is 0. The van der Waals surface area contributed by atoms with Crippen molar-refractivity contribution in [2.45, 2.75) is 118 Å². The van der Waals surface area contributed by atoms with E-state index in [2.05, 4.69) is 452 Å². The second-order valence-electron chi connectivity index (χ2n) is 37.4. The van der Waals surface area contributed by atoms with Crippen molar-refractivity contribution in [1.82, 2.24) is 48.9 Å². The van der Waals surface area contributed by atoms with Crippen molar-refractivity contribution in [2.75, 3.05) is 0 Å². The Hall–Kier alpha value is -15.4. The fourth-order valence-corrected chi connectivity index (χ4v) is 17.3. The third kappa shape index (κ3) is 18.8. The topological polar surface area (TPSA) is 125 Å². The monoisotopic (exact) mass is 1730 g/mol. The molecule has 0 fully saturated rings. The summed E-state index contributed by atoms with van der Waals surface area (Å²) >= 11 is 0. The molecule has 133 heavy (non-hydrogen) atoms. The molecule has 19 rings (SSSR count). The molecule has 0 unspecified atom stereocenters. The smallest absolute Gasteiger partial charge is 0.168 e. The highest BCUT2D eigenvalue weighted by molar-refractivity contribution is 6.12. The molecule has 4 aromatic heterocycles. The molecular weight excluding hydrogens is 1630 g/mol. The van der Waals surface area contributed by atoms with Gasteiger partial charge in [0.2, 0.25) is 0 Å². The SMILES string of the molecule is C=Cc1ccc(COCc2ccc(-c3nnc(-c4ccc(-c5ccc6c(c5)c5cc(-c7ccc(-c8nnc(-c9ccc(COCc%10ccc(C=C)cc%10)cc9)n8-c8ccc(C(C)(C)C)cc8)cc7)ccc5n6-c5ccc(-c6cccc(-c7nnc(-c8ccc(COCc9ccc(C=C)cc9)cc8)n7-c7ccc(C(C)(C)C)cc7)c6)cc5)cc4)n3-c3ccc(C(C)(C)C)cc3)cc2)cc1. The fourth-order valence-electron chi connectivity index (χ4n) is 17.3. The Balaban J connectivity index is 0.657. The predicted octanol–water partition coefficient (Wildman–Crippen LogP) is 29.5. The molecule has 0 radical (unpaired) electrons. The van der Waals surface area contributed by atoms with E-state index in [4.69, 9.17) is 44.8 Å². The maximum Gasteiger partial charge on any atom is 0.168 e. The maximum atomic E-state index is 6.20. The Bertz CT molecular complexity index is 7090. The van der Waals surface area contributed by atoms with E-state index < -0.39 is 0 Å². The molecule has 13 heteroatoms. The molecule has 4 heterocycles. The summed E-state index contributed by atoms with van der Waals surface area (Å²) < 4.78 is 27.5. The van der Waals surface area contributed by atoms with Crippen LogP contribution in [0.4, 0.5) is 0 Å². The highest BCUT2D eigenvalue weighted by atomic mass is 16.5. The minimum absolute atomic E-state index is 0.0323. The van der Waals surface area contributed by atoms with Gasteiger partial charge in [-0.05, 0) is 195 Å². The van der Waals surface area contributed by atoms with Crippen molar-refractivity contribution in [2.24, 2.45) is 0 Å². The van der Waals surface area contributed by atoms with Crippen molar-refractivity contribution in [3.8, 4) is 124 Å². The Morgan fingerprint density at radius 2 is 0.429 bits per heavy atom. The minimum atomic E-state index is -0.0336. The highest BCUT2D eigenvalue weighted by Gasteiger charge is 2.26. The van der Waals surface area contributed by atoms with Gasteiger partial charge in [-0.3, -0.25) is 13.7 Å². The Morgan fingerprint density at radius 1 is 0.218 bits per heavy atom. The quantitative estimate of drug-likeness (QED) is 0.0471. The summed E-state index contributed by atoms with van der Waals surface area (Å²) in [6.07, 6.45) is 5.55. The molecule has 0 saturated carbocycles. The van der Waals surface area contributed by atoms with Gasteiger partial charge in [0.1, 0.15) is 0 Å². The molecular formula is C120H106N10O3. The molecule has 0 atom stereocenters. The average Bonchev–Trinajstić information content (AvgIpc) is 1.58. The zero-order valence-corrected chi connectivity index (χ0v) is 76.8. The van der Waals surface area contributed by atoms with Gasteiger partial charge in [-0.25, -0.2) is 0 Å². The van der Waals surface area contributed by atoms with Crippen LogP contribution in [0.3, 0.4) is 0 Å². The van der Waals surface area contributed by atoms with Crippen LogP contribution in [0.1, 0.15) is 129 Å². The molecule has 0 spiro atoms. The van der Waals surface area contributed by atoms with Gasteiger partial charge in [0, 0.05) is 66.9 Å². The van der Waals surface area contributed by atoms with Crippen molar-refractivity contribution < 1.29 is 14.2 Å². The first-order chi connectivity index (χ1) is 64.6. The third-order valence-electron chi connectivity index (χ3n) is 25.2. The molecule has 19 aromatic rings. The molecule has 0 saturated heterocycles. The summed E-state index contributed by atoms with van der Waals surface area (Å²) in [6.45, 7) is 34.8. The van der Waals surface area contributed by atoms with E-state index in [1.165, 1.54) is 16.7 Å². The summed E-state index contributed by atoms with van der Waals surface area (Å²) in [6, 6.07) is 126. The van der Waals surface area contributed by atoms with E-state index in [1.807, 2.05) is 18.2 Å². The van der Waals surface area contributed by atoms with E-state index in [1.54, 1.807) is 0 Å². The number of rotatable bonds is 28. The lowest BCUT2D eigenvalue weighted by molar-refractivity contribution is 0.107. The first kappa shape index (κ1) is 87.0. The standard InChI is InChI=1S/C120H106N10O3/c1-13-80-19-25-83(26-20-80)74-131-77-86-31-37-92(38-32-86)112-121-123-115(128(112)105-63-55-101(56-64-105)118(4,5)6)95-47-43-89(44-48-95)98-53-69-110-108(72-98)109-73-99(90-45-49-96(50-46-90)116-124-122-113(129(116)106-65-57-102(58-66-106)119(7,8)9)93-39-33-87(34-40-93)78-132-75-84-27-21-81(14-2)22-28-84)54-70-111(109)127(110)104-61-51-91(52-62-104)97-17-16-18-100(71-97)117-126-125-114(130(117)107-67-59-103(60-68-107)120(10,11)12)94-41-35-88(36-42-94)79-133-76-85-29-23-82(15-3)24-30-85/h13-73H,1-3,74-79H2,4-12H3. The van der Waals surface area contributed by atoms with Crippen LogP contribution in [0.2, 0.25) is 0 Å². The van der Waals surface area contributed by atoms with E-state index in [0.717, 1.165) is 196 Å². The molecule has 0 aliphatic carbocycles. The van der Waals surface area contributed by atoms with Gasteiger partial charge < -0.3 is 18.8 Å². The number of hydrogen-bond donors (Lipinski definition) is 0. The lowest BCUT2D eigenvalue weighted by Crippen LogP contribution is -2.11. The number of aromatic nitrogens is 10. The normalized spacial score (nSPS) is 11.9. The summed E-state index contributed by atoms with van der Waals surface area (Å²) in [5, 5.41) is 32.1. The van der Waals surface area contributed by atoms with Crippen molar-refractivity contribution in [3.63, 3.8) is 0 Å². The van der Waals surface area contributed by atoms with Crippen molar-refractivity contribution in [3.05, 3.63) is 438 Å². The van der Waals surface area contributed by atoms with Crippen LogP contribution in [-0.2, 0) is 70.1 Å². The van der Waals surface area contributed by atoms with Crippen LogP contribution in [0.5, 0.6) is 0 Å². The van der Waals surface area contributed by atoms with Gasteiger partial charge in [0.25, 0.3) is 0 Å². The number of benzene rings is 15. The van der Waals surface area contributed by atoms with Crippen LogP contribution in [0.15, 0.2) is 372 Å². The number of hydrogen-bond acceptors (Lipinski definition) is 9. The molecule has 13 nitrogen and oxygen atoms in total. The van der Waals surface area contributed by atoms with Gasteiger partial charge >= 0.3 is 0 Å². The number of nitrogens with zero attached hydrogens (tertiary/aromatic N) is 10. The van der Waals surface area contributed by atoms with Gasteiger partial charge in [-0.2, -0.15) is 0 Å². The second-order valence-corrected chi connectivity index (χ2v) is 37.4. The highest BCUT2D eigenvalue weighted by Crippen LogP contribution is 2.42. The molecule has 0 aliphatic heterocycles. The summed E-state index contributed by atoms with van der Waals surface area (Å²) in [5.74, 6) is 4.44. The van der Waals surface area contributed by atoms with E-state index in [0.29, 0.717) is 39.6 Å². The minimum Gasteiger partial charge on any atom is -0.372 e. The van der Waals surface area contributed by atoms with Crippen LogP contribution >= 0.6 is 0 Å². The summed E-state index contributed by atoms with van der Waals surface area (Å²) in [5.41, 5.74) is 31.5. The zero-order valence-electron chi connectivity index (χ0n) is 76.8. The third-order valence-corrected chi connectivity index (χ3v) is 25.2. The van der Waals surface area contributed by atoms with Crippen LogP contribution < -0.4 is 0 Å². The Kier molecular flexibility index (Phi) is 24.3. The van der Waals surface area contributed by atoms with Crippen molar-refractivity contribution >= 4 is 40.0 Å². The molecule has 0 aliphatic rings. The molecule has 0 bridgehead atoms. The first-order valence-electron chi connectivity index (χ1n) is 45.5. The van der Waals surface area contributed by atoms with E-state index in [9.17, 15) is 0 Å². The van der Waals surface area contributed by atoms with Gasteiger partial charge in [-0.1, -0.05) is 373 Å². The van der Waals surface area contributed by atoms with Crippen LogP contribution in [-0.4, -0.2) is 48.9 Å². The van der Waals surface area contributed by atoms with Gasteiger partial charge in [0.05, 0.1) is 50.7 Å². The molecule has 0 amide bonds. The number of ether oxygens (including phenoxy) is 3. The predicted molar refractivity (Wildman–Crippen MR) is 546 cm³/mol. The van der Waals surface area contributed by atoms with E-state index >= 15 is 0 Å². The molecule has 654 valence electrons. The molecule has 0 N–H and O–H groups in total. The molecule has 15 aromatic carbocycles. The largest absolute Gasteiger partial charge is 0.372 e. The zero-order chi connectivity index (χ0) is 91.5. The van der Waals surface area contributed by atoms with E-state index in [-0.39, 0.29) is 16.2 Å². The fraction of sp³-hybridized carbons (Fsp3) is 0.150. The Morgan fingerprint density at radius 3 is 0.699 bits per heavy atom. The average molecular weight is 1740 g/mol. The first-order valence-corrected chi connectivity index (χ1v) is 45.5. The summed E-state index contributed by atoms with van der Waals surface area (Å²) in [4.78, 5) is 0. The van der Waals surface area contributed by atoms with Crippen LogP contribution in [0, 0.1) is 0 Å². The second kappa shape index (κ2) is 37.2. The lowest BCUT2D eigenvalue weighted by atomic mass is 9.87. The lowest BCUT2D eigenvalue weighted by Gasteiger charge is -2.20. The van der Waals surface area contributed by atoms with Gasteiger partial charge in [-0.15, -0.1) is 30.6 Å². The Labute approximate surface area is 779 Å². The van der Waals surface area contributed by atoms with Crippen LogP contribution in [0.25, 0.3) is 164 Å².